The molecular formula is C24H28O4. The number of rotatable bonds is 9. The third kappa shape index (κ3) is 7.00. The van der Waals surface area contributed by atoms with E-state index in [1.165, 1.54) is 12.7 Å². The molecule has 0 spiro atoms. The molecule has 0 heterocycles. The van der Waals surface area contributed by atoms with Crippen LogP contribution in [0.4, 0.5) is 0 Å². The van der Waals surface area contributed by atoms with Crippen molar-refractivity contribution in [2.45, 2.75) is 45.6 Å². The fourth-order valence-electron chi connectivity index (χ4n) is 2.80. The Kier molecular flexibility index (Phi) is 8.42. The molecule has 148 valence electrons. The Morgan fingerprint density at radius 2 is 1.86 bits per heavy atom. The van der Waals surface area contributed by atoms with Crippen LogP contribution in [0.15, 0.2) is 48.5 Å². The third-order valence-corrected chi connectivity index (χ3v) is 4.32. The predicted octanol–water partition coefficient (Wildman–Crippen LogP) is 4.90. The van der Waals surface area contributed by atoms with Gasteiger partial charge in [0.1, 0.15) is 11.5 Å². The van der Waals surface area contributed by atoms with Crippen LogP contribution in [-0.4, -0.2) is 25.8 Å². The lowest BCUT2D eigenvalue weighted by atomic mass is 9.96. The fourth-order valence-corrected chi connectivity index (χ4v) is 2.80. The highest BCUT2D eigenvalue weighted by Crippen LogP contribution is 2.23. The van der Waals surface area contributed by atoms with Gasteiger partial charge in [-0.1, -0.05) is 30.2 Å². The molecule has 0 bridgehead atoms. The second-order valence-corrected chi connectivity index (χ2v) is 6.68. The van der Waals surface area contributed by atoms with E-state index >= 15 is 0 Å². The SMILES string of the molecule is CC#CC(CC(=O)OC)c1ccc(OCCC(C)Oc2cccc(C)c2)cc1. The molecule has 0 aliphatic rings. The molecule has 0 aromatic heterocycles. The van der Waals surface area contributed by atoms with Gasteiger partial charge in [0, 0.05) is 6.42 Å². The molecule has 2 aromatic rings. The first-order chi connectivity index (χ1) is 13.5. The lowest BCUT2D eigenvalue weighted by Gasteiger charge is -2.16. The molecule has 2 rings (SSSR count). The van der Waals surface area contributed by atoms with Crippen molar-refractivity contribution in [3.8, 4) is 23.3 Å². The minimum absolute atomic E-state index is 0.0605. The minimum Gasteiger partial charge on any atom is -0.493 e. The summed E-state index contributed by atoms with van der Waals surface area (Å²) in [7, 11) is 1.39. The van der Waals surface area contributed by atoms with Crippen LogP contribution in [0.1, 0.15) is 43.7 Å². The molecule has 4 nitrogen and oxygen atoms in total. The van der Waals surface area contributed by atoms with Gasteiger partial charge in [-0.15, -0.1) is 5.92 Å². The van der Waals surface area contributed by atoms with Gasteiger partial charge >= 0.3 is 5.97 Å². The van der Waals surface area contributed by atoms with Crippen molar-refractivity contribution < 1.29 is 19.0 Å². The minimum atomic E-state index is -0.268. The van der Waals surface area contributed by atoms with E-state index in [0.717, 1.165) is 23.5 Å². The molecule has 2 aromatic carbocycles. The highest BCUT2D eigenvalue weighted by atomic mass is 16.5. The zero-order valence-corrected chi connectivity index (χ0v) is 17.0. The Hall–Kier alpha value is -2.93. The van der Waals surface area contributed by atoms with E-state index in [2.05, 4.69) is 11.8 Å². The first kappa shape index (κ1) is 21.4. The highest BCUT2D eigenvalue weighted by molar-refractivity contribution is 5.71. The second-order valence-electron chi connectivity index (χ2n) is 6.68. The molecule has 0 saturated heterocycles. The summed E-state index contributed by atoms with van der Waals surface area (Å²) in [5, 5.41) is 0. The molecule has 2 atom stereocenters. The maximum atomic E-state index is 11.6. The number of carbonyl (C=O) groups is 1. The first-order valence-electron chi connectivity index (χ1n) is 9.47. The Labute approximate surface area is 167 Å². The lowest BCUT2D eigenvalue weighted by Crippen LogP contribution is -2.15. The van der Waals surface area contributed by atoms with Gasteiger partial charge in [-0.05, 0) is 56.2 Å². The summed E-state index contributed by atoms with van der Waals surface area (Å²) in [6, 6.07) is 15.7. The predicted molar refractivity (Wildman–Crippen MR) is 111 cm³/mol. The molecule has 2 unspecified atom stereocenters. The Morgan fingerprint density at radius 1 is 1.11 bits per heavy atom. The van der Waals surface area contributed by atoms with E-state index in [1.54, 1.807) is 6.92 Å². The average molecular weight is 380 g/mol. The number of ether oxygens (including phenoxy) is 3. The quantitative estimate of drug-likeness (QED) is 0.458. The average Bonchev–Trinajstić information content (AvgIpc) is 2.68. The van der Waals surface area contributed by atoms with Gasteiger partial charge in [0.05, 0.1) is 32.2 Å². The number of carbonyl (C=O) groups excluding carboxylic acids is 1. The van der Waals surface area contributed by atoms with Crippen LogP contribution >= 0.6 is 0 Å². The summed E-state index contributed by atoms with van der Waals surface area (Å²) in [5.74, 6) is 7.16. The third-order valence-electron chi connectivity index (χ3n) is 4.32. The summed E-state index contributed by atoms with van der Waals surface area (Å²) in [5.41, 5.74) is 2.16. The van der Waals surface area contributed by atoms with Crippen molar-refractivity contribution in [2.75, 3.05) is 13.7 Å². The zero-order chi connectivity index (χ0) is 20.4. The number of benzene rings is 2. The van der Waals surface area contributed by atoms with Crippen LogP contribution in [0.2, 0.25) is 0 Å². The number of hydrogen-bond acceptors (Lipinski definition) is 4. The molecule has 0 aliphatic carbocycles. The molecule has 0 N–H and O–H groups in total. The second kappa shape index (κ2) is 11.0. The van der Waals surface area contributed by atoms with Crippen LogP contribution in [0.5, 0.6) is 11.5 Å². The van der Waals surface area contributed by atoms with Crippen LogP contribution in [0.25, 0.3) is 0 Å². The fraction of sp³-hybridized carbons (Fsp3) is 0.375. The highest BCUT2D eigenvalue weighted by Gasteiger charge is 2.14. The number of hydrogen-bond donors (Lipinski definition) is 0. The van der Waals surface area contributed by atoms with Crippen molar-refractivity contribution in [2.24, 2.45) is 0 Å². The van der Waals surface area contributed by atoms with Crippen molar-refractivity contribution in [3.05, 3.63) is 59.7 Å². The number of esters is 1. The standard InChI is InChI=1S/C24H28O4/c1-5-7-21(17-24(25)26-4)20-10-12-22(13-11-20)27-15-14-19(3)28-23-9-6-8-18(2)16-23/h6,8-13,16,19,21H,14-15,17H2,1-4H3. The number of methoxy groups -OCH3 is 1. The van der Waals surface area contributed by atoms with E-state index in [-0.39, 0.29) is 24.4 Å². The lowest BCUT2D eigenvalue weighted by molar-refractivity contribution is -0.140. The van der Waals surface area contributed by atoms with Crippen molar-refractivity contribution in [1.29, 1.82) is 0 Å². The molecule has 0 aliphatic heterocycles. The topological polar surface area (TPSA) is 44.8 Å². The van der Waals surface area contributed by atoms with Crippen LogP contribution in [-0.2, 0) is 9.53 Å². The van der Waals surface area contributed by atoms with E-state index < -0.39 is 0 Å². The van der Waals surface area contributed by atoms with Crippen molar-refractivity contribution >= 4 is 5.97 Å². The summed E-state index contributed by atoms with van der Waals surface area (Å²) < 4.78 is 16.5. The summed E-state index contributed by atoms with van der Waals surface area (Å²) >= 11 is 0. The number of aryl methyl sites for hydroxylation is 1. The Bertz CT molecular complexity index is 814. The maximum Gasteiger partial charge on any atom is 0.307 e. The summed E-state index contributed by atoms with van der Waals surface area (Å²) in [4.78, 5) is 11.6. The first-order valence-corrected chi connectivity index (χ1v) is 9.47. The van der Waals surface area contributed by atoms with E-state index in [1.807, 2.05) is 62.4 Å². The molecule has 28 heavy (non-hydrogen) atoms. The largest absolute Gasteiger partial charge is 0.493 e. The molecule has 0 radical (unpaired) electrons. The van der Waals surface area contributed by atoms with Crippen molar-refractivity contribution in [3.63, 3.8) is 0 Å². The molecule has 4 heteroatoms. The normalized spacial score (nSPS) is 12.3. The van der Waals surface area contributed by atoms with Crippen LogP contribution < -0.4 is 9.47 Å². The maximum absolute atomic E-state index is 11.6. The van der Waals surface area contributed by atoms with Crippen LogP contribution in [0, 0.1) is 18.8 Å². The van der Waals surface area contributed by atoms with Gasteiger partial charge < -0.3 is 14.2 Å². The summed E-state index contributed by atoms with van der Waals surface area (Å²) in [6.07, 6.45) is 1.08. The Balaban J connectivity index is 1.84. The smallest absolute Gasteiger partial charge is 0.307 e. The van der Waals surface area contributed by atoms with Crippen LogP contribution in [0.3, 0.4) is 0 Å². The van der Waals surface area contributed by atoms with Crippen molar-refractivity contribution in [1.82, 2.24) is 0 Å². The van der Waals surface area contributed by atoms with E-state index in [0.29, 0.717) is 6.61 Å². The van der Waals surface area contributed by atoms with Gasteiger partial charge in [-0.2, -0.15) is 0 Å². The molecule has 0 fully saturated rings. The molecular weight excluding hydrogens is 352 g/mol. The monoisotopic (exact) mass is 380 g/mol. The van der Waals surface area contributed by atoms with E-state index in [4.69, 9.17) is 14.2 Å². The molecule has 0 saturated carbocycles. The zero-order valence-electron chi connectivity index (χ0n) is 17.0. The Morgan fingerprint density at radius 3 is 2.50 bits per heavy atom. The summed E-state index contributed by atoms with van der Waals surface area (Å²) in [6.45, 7) is 6.41. The van der Waals surface area contributed by atoms with Gasteiger partial charge in [-0.3, -0.25) is 4.79 Å². The van der Waals surface area contributed by atoms with Gasteiger partial charge in [0.2, 0.25) is 0 Å². The molecule has 0 amide bonds. The van der Waals surface area contributed by atoms with Gasteiger partial charge in [0.15, 0.2) is 0 Å². The van der Waals surface area contributed by atoms with Gasteiger partial charge in [-0.25, -0.2) is 0 Å². The van der Waals surface area contributed by atoms with E-state index in [9.17, 15) is 4.79 Å². The van der Waals surface area contributed by atoms with Gasteiger partial charge in [0.25, 0.3) is 0 Å².